The van der Waals surface area contributed by atoms with E-state index in [1.165, 1.54) is 13.2 Å². The van der Waals surface area contributed by atoms with Crippen molar-refractivity contribution in [3.63, 3.8) is 0 Å². The van der Waals surface area contributed by atoms with Crippen molar-refractivity contribution in [2.45, 2.75) is 44.1 Å². The quantitative estimate of drug-likeness (QED) is 0.781. The van der Waals surface area contributed by atoms with E-state index in [1.54, 1.807) is 11.0 Å². The molecule has 2 N–H and O–H groups in total. The van der Waals surface area contributed by atoms with Crippen molar-refractivity contribution < 1.29 is 18.4 Å². The fraction of sp³-hybridized carbons (Fsp3) is 0.429. The van der Waals surface area contributed by atoms with Gasteiger partial charge in [-0.1, -0.05) is 18.9 Å². The maximum absolute atomic E-state index is 14.7. The van der Waals surface area contributed by atoms with Gasteiger partial charge < -0.3 is 20.4 Å². The fourth-order valence-electron chi connectivity index (χ4n) is 4.53. The van der Waals surface area contributed by atoms with Crippen LogP contribution in [0.1, 0.15) is 31.2 Å². The lowest BCUT2D eigenvalue weighted by Crippen LogP contribution is -2.48. The first-order valence-corrected chi connectivity index (χ1v) is 10.3. The SMILES string of the molecule is CN1C(=O)C(F)(F)CN(C2CCCC2)c2nc(Nc3ccc4c(c3)NC(=O)C4)ncc21. The second kappa shape index (κ2) is 7.14. The maximum Gasteiger partial charge on any atom is 0.342 e. The molecule has 10 heteroatoms. The van der Waals surface area contributed by atoms with Crippen LogP contribution >= 0.6 is 0 Å². The highest BCUT2D eigenvalue weighted by atomic mass is 19.3. The molecule has 3 aliphatic rings. The van der Waals surface area contributed by atoms with E-state index >= 15 is 0 Å². The van der Waals surface area contributed by atoms with Crippen LogP contribution in [0.2, 0.25) is 0 Å². The van der Waals surface area contributed by atoms with Crippen molar-refractivity contribution >= 4 is 40.6 Å². The Hall–Kier alpha value is -3.30. The molecule has 1 aliphatic carbocycles. The summed E-state index contributed by atoms with van der Waals surface area (Å²) < 4.78 is 29.3. The number of fused-ring (bicyclic) bond motifs is 2. The number of nitrogens with one attached hydrogen (secondary N) is 2. The minimum absolute atomic E-state index is 0.0609. The van der Waals surface area contributed by atoms with Gasteiger partial charge in [0.2, 0.25) is 11.9 Å². The van der Waals surface area contributed by atoms with Crippen LogP contribution in [-0.2, 0) is 16.0 Å². The molecule has 3 heterocycles. The largest absolute Gasteiger partial charge is 0.345 e. The number of alkyl halides is 2. The summed E-state index contributed by atoms with van der Waals surface area (Å²) in [5.74, 6) is -4.27. The first-order chi connectivity index (χ1) is 14.8. The number of rotatable bonds is 3. The third-order valence-corrected chi connectivity index (χ3v) is 6.13. The van der Waals surface area contributed by atoms with Gasteiger partial charge in [0.25, 0.3) is 5.91 Å². The Kier molecular flexibility index (Phi) is 4.53. The molecule has 2 aliphatic heterocycles. The van der Waals surface area contributed by atoms with E-state index in [1.807, 2.05) is 12.1 Å². The highest BCUT2D eigenvalue weighted by Gasteiger charge is 2.48. The van der Waals surface area contributed by atoms with Crippen molar-refractivity contribution in [2.24, 2.45) is 0 Å². The lowest BCUT2D eigenvalue weighted by atomic mass is 10.1. The van der Waals surface area contributed by atoms with Crippen molar-refractivity contribution in [3.05, 3.63) is 30.0 Å². The lowest BCUT2D eigenvalue weighted by molar-refractivity contribution is -0.140. The normalized spacial score (nSPS) is 20.4. The molecule has 0 saturated heterocycles. The van der Waals surface area contributed by atoms with E-state index < -0.39 is 18.4 Å². The summed E-state index contributed by atoms with van der Waals surface area (Å²) in [6, 6.07) is 5.35. The second-order valence-electron chi connectivity index (χ2n) is 8.26. The molecule has 8 nitrogen and oxygen atoms in total. The summed E-state index contributed by atoms with van der Waals surface area (Å²) in [6.45, 7) is -0.699. The number of carbonyl (C=O) groups excluding carboxylic acids is 2. The average molecular weight is 428 g/mol. The summed E-state index contributed by atoms with van der Waals surface area (Å²) >= 11 is 0. The van der Waals surface area contributed by atoms with Crippen LogP contribution in [0.3, 0.4) is 0 Å². The average Bonchev–Trinajstić information content (AvgIpc) is 3.38. The lowest BCUT2D eigenvalue weighted by Gasteiger charge is -2.31. The minimum atomic E-state index is -3.51. The summed E-state index contributed by atoms with van der Waals surface area (Å²) in [4.78, 5) is 35.2. The van der Waals surface area contributed by atoms with Crippen LogP contribution in [0.25, 0.3) is 0 Å². The molecular formula is C21H22F2N6O2. The van der Waals surface area contributed by atoms with Gasteiger partial charge in [0.05, 0.1) is 19.2 Å². The Morgan fingerprint density at radius 1 is 1.23 bits per heavy atom. The van der Waals surface area contributed by atoms with E-state index in [0.29, 0.717) is 17.9 Å². The highest BCUT2D eigenvalue weighted by molar-refractivity contribution is 6.02. The molecule has 0 radical (unpaired) electrons. The summed E-state index contributed by atoms with van der Waals surface area (Å²) in [6.07, 6.45) is 5.23. The van der Waals surface area contributed by atoms with E-state index in [2.05, 4.69) is 20.6 Å². The molecule has 0 atom stereocenters. The Morgan fingerprint density at radius 3 is 2.77 bits per heavy atom. The van der Waals surface area contributed by atoms with Gasteiger partial charge in [-0.25, -0.2) is 4.98 Å². The number of anilines is 5. The van der Waals surface area contributed by atoms with Crippen molar-refractivity contribution in [1.82, 2.24) is 9.97 Å². The predicted octanol–water partition coefficient (Wildman–Crippen LogP) is 3.08. The molecule has 2 amide bonds. The summed E-state index contributed by atoms with van der Waals surface area (Å²) in [7, 11) is 1.33. The van der Waals surface area contributed by atoms with Gasteiger partial charge in [-0.15, -0.1) is 0 Å². The van der Waals surface area contributed by atoms with E-state index in [0.717, 1.165) is 41.8 Å². The molecule has 0 bridgehead atoms. The van der Waals surface area contributed by atoms with Crippen molar-refractivity contribution in [2.75, 3.05) is 34.0 Å². The zero-order chi connectivity index (χ0) is 21.8. The molecular weight excluding hydrogens is 406 g/mol. The Labute approximate surface area is 177 Å². The molecule has 2 aromatic rings. The molecule has 0 spiro atoms. The molecule has 0 unspecified atom stereocenters. The standard InChI is InChI=1S/C21H22F2N6O2/c1-28-16-10-24-20(25-13-7-6-12-8-17(30)26-15(12)9-13)27-18(16)29(14-4-2-3-5-14)11-21(22,23)19(28)31/h6-7,9-10,14H,2-5,8,11H2,1H3,(H,26,30)(H,24,25,27). The summed E-state index contributed by atoms with van der Waals surface area (Å²) in [5, 5.41) is 5.88. The van der Waals surface area contributed by atoms with Crippen LogP contribution in [0, 0.1) is 0 Å². The first-order valence-electron chi connectivity index (χ1n) is 10.3. The van der Waals surface area contributed by atoms with E-state index in [-0.39, 0.29) is 23.6 Å². The fourth-order valence-corrected chi connectivity index (χ4v) is 4.53. The van der Waals surface area contributed by atoms with Crippen molar-refractivity contribution in [1.29, 1.82) is 0 Å². The number of nitrogens with zero attached hydrogens (tertiary/aromatic N) is 4. The second-order valence-corrected chi connectivity index (χ2v) is 8.26. The zero-order valence-corrected chi connectivity index (χ0v) is 17.0. The molecule has 162 valence electrons. The number of amides is 2. The molecule has 1 fully saturated rings. The molecule has 31 heavy (non-hydrogen) atoms. The number of carbonyl (C=O) groups is 2. The van der Waals surface area contributed by atoms with Crippen LogP contribution in [0.5, 0.6) is 0 Å². The van der Waals surface area contributed by atoms with Crippen molar-refractivity contribution in [3.8, 4) is 0 Å². The monoisotopic (exact) mass is 428 g/mol. The summed E-state index contributed by atoms with van der Waals surface area (Å²) in [5.41, 5.74) is 2.56. The Morgan fingerprint density at radius 2 is 2.00 bits per heavy atom. The molecule has 1 aromatic carbocycles. The molecule has 1 saturated carbocycles. The van der Waals surface area contributed by atoms with Crippen LogP contribution < -0.4 is 20.4 Å². The third-order valence-electron chi connectivity index (χ3n) is 6.13. The minimum Gasteiger partial charge on any atom is -0.345 e. The van der Waals surface area contributed by atoms with Crippen LogP contribution in [-0.4, -0.2) is 47.3 Å². The van der Waals surface area contributed by atoms with E-state index in [9.17, 15) is 18.4 Å². The number of aromatic nitrogens is 2. The maximum atomic E-state index is 14.7. The third kappa shape index (κ3) is 3.45. The van der Waals surface area contributed by atoms with Gasteiger partial charge in [0.1, 0.15) is 5.69 Å². The first kappa shape index (κ1) is 19.7. The predicted molar refractivity (Wildman–Crippen MR) is 112 cm³/mol. The van der Waals surface area contributed by atoms with Crippen LogP contribution in [0.4, 0.5) is 37.6 Å². The van der Waals surface area contributed by atoms with Gasteiger partial charge in [-0.3, -0.25) is 9.59 Å². The topological polar surface area (TPSA) is 90.5 Å². The smallest absolute Gasteiger partial charge is 0.342 e. The Balaban J connectivity index is 1.51. The van der Waals surface area contributed by atoms with Gasteiger partial charge in [-0.05, 0) is 30.5 Å². The number of hydrogen-bond donors (Lipinski definition) is 2. The number of benzene rings is 1. The van der Waals surface area contributed by atoms with Gasteiger partial charge in [0.15, 0.2) is 5.82 Å². The van der Waals surface area contributed by atoms with Crippen LogP contribution in [0.15, 0.2) is 24.4 Å². The Bertz CT molecular complexity index is 1070. The van der Waals surface area contributed by atoms with E-state index in [4.69, 9.17) is 0 Å². The zero-order valence-electron chi connectivity index (χ0n) is 17.0. The number of hydrogen-bond acceptors (Lipinski definition) is 6. The van der Waals surface area contributed by atoms with Gasteiger partial charge >= 0.3 is 5.92 Å². The molecule has 1 aromatic heterocycles. The van der Waals surface area contributed by atoms with Gasteiger partial charge in [-0.2, -0.15) is 13.8 Å². The molecule has 5 rings (SSSR count). The van der Waals surface area contributed by atoms with Gasteiger partial charge in [0, 0.05) is 24.5 Å². The highest BCUT2D eigenvalue weighted by Crippen LogP contribution is 2.39. The number of halogens is 2.